The minimum Gasteiger partial charge on any atom is -0.467 e. The van der Waals surface area contributed by atoms with Crippen molar-refractivity contribution in [2.24, 2.45) is 10.9 Å². The van der Waals surface area contributed by atoms with E-state index in [2.05, 4.69) is 0 Å². The Morgan fingerprint density at radius 3 is 2.82 bits per heavy atom. The van der Waals surface area contributed by atoms with Gasteiger partial charge in [-0.05, 0) is 49.6 Å². The Morgan fingerprint density at radius 2 is 2.07 bits per heavy atom. The minimum atomic E-state index is -0.351. The Labute approximate surface area is 164 Å². The van der Waals surface area contributed by atoms with Crippen molar-refractivity contribution in [1.82, 2.24) is 9.47 Å². The summed E-state index contributed by atoms with van der Waals surface area (Å²) in [7, 11) is 0. The second-order valence-electron chi connectivity index (χ2n) is 7.95. The number of aryl methyl sites for hydroxylation is 1. The van der Waals surface area contributed by atoms with Crippen molar-refractivity contribution >= 4 is 11.8 Å². The lowest BCUT2D eigenvalue weighted by molar-refractivity contribution is -0.128. The summed E-state index contributed by atoms with van der Waals surface area (Å²) < 4.78 is 6.99. The van der Waals surface area contributed by atoms with Gasteiger partial charge >= 0.3 is 0 Å². The van der Waals surface area contributed by atoms with Crippen LogP contribution in [-0.4, -0.2) is 33.9 Å². The lowest BCUT2D eigenvalue weighted by Crippen LogP contribution is -2.34. The maximum atomic E-state index is 13.2. The minimum absolute atomic E-state index is 0.00627. The van der Waals surface area contributed by atoms with Crippen LogP contribution in [0.15, 0.2) is 46.1 Å². The average Bonchev–Trinajstić information content (AvgIpc) is 3.33. The topological polar surface area (TPSA) is 67.8 Å². The zero-order valence-electron chi connectivity index (χ0n) is 16.3. The molecule has 1 aliphatic heterocycles. The van der Waals surface area contributed by atoms with Gasteiger partial charge in [0.1, 0.15) is 11.2 Å². The Hall–Kier alpha value is -2.63. The summed E-state index contributed by atoms with van der Waals surface area (Å²) in [6.07, 6.45) is 9.48. The summed E-state index contributed by atoms with van der Waals surface area (Å²) in [5, 5.41) is 0. The second-order valence-corrected chi connectivity index (χ2v) is 7.95. The van der Waals surface area contributed by atoms with E-state index in [1.54, 1.807) is 28.0 Å². The SMILES string of the molecule is Cc1ccn(C(=O)C2CC(=O)N(Cc3ccco3)C2)c(=NC2CCCCC2)c1. The van der Waals surface area contributed by atoms with Crippen molar-refractivity contribution in [3.63, 3.8) is 0 Å². The highest BCUT2D eigenvalue weighted by Crippen LogP contribution is 2.22. The first-order valence-corrected chi connectivity index (χ1v) is 10.2. The predicted octanol–water partition coefficient (Wildman–Crippen LogP) is 3.31. The van der Waals surface area contributed by atoms with Crippen LogP contribution in [0, 0.1) is 12.8 Å². The van der Waals surface area contributed by atoms with Gasteiger partial charge in [-0.2, -0.15) is 0 Å². The van der Waals surface area contributed by atoms with Gasteiger partial charge in [-0.25, -0.2) is 0 Å². The van der Waals surface area contributed by atoms with Crippen LogP contribution in [0.2, 0.25) is 0 Å². The maximum Gasteiger partial charge on any atom is 0.237 e. The van der Waals surface area contributed by atoms with Gasteiger partial charge < -0.3 is 9.32 Å². The Bertz CT molecular complexity index is 907. The molecule has 2 fully saturated rings. The molecule has 148 valence electrons. The van der Waals surface area contributed by atoms with Crippen LogP contribution in [0.4, 0.5) is 0 Å². The molecule has 0 spiro atoms. The van der Waals surface area contributed by atoms with Crippen LogP contribution in [-0.2, 0) is 11.3 Å². The first-order valence-electron chi connectivity index (χ1n) is 10.2. The molecule has 28 heavy (non-hydrogen) atoms. The van der Waals surface area contributed by atoms with Crippen molar-refractivity contribution < 1.29 is 14.0 Å². The van der Waals surface area contributed by atoms with E-state index in [4.69, 9.17) is 9.41 Å². The molecule has 1 saturated heterocycles. The fourth-order valence-electron chi connectivity index (χ4n) is 4.15. The van der Waals surface area contributed by atoms with Gasteiger partial charge in [0.05, 0.1) is 24.8 Å². The quantitative estimate of drug-likeness (QED) is 0.816. The fraction of sp³-hybridized carbons (Fsp3) is 0.500. The molecule has 2 aromatic rings. The van der Waals surface area contributed by atoms with Crippen LogP contribution >= 0.6 is 0 Å². The molecule has 1 atom stereocenters. The molecule has 0 radical (unpaired) electrons. The molecule has 3 heterocycles. The molecule has 0 N–H and O–H groups in total. The number of nitrogens with zero attached hydrogens (tertiary/aromatic N) is 3. The van der Waals surface area contributed by atoms with Crippen molar-refractivity contribution in [3.8, 4) is 0 Å². The van der Waals surface area contributed by atoms with E-state index in [1.807, 2.05) is 25.1 Å². The highest BCUT2D eigenvalue weighted by atomic mass is 16.3. The first kappa shape index (κ1) is 18.7. The number of rotatable bonds is 4. The van der Waals surface area contributed by atoms with E-state index in [9.17, 15) is 9.59 Å². The molecule has 1 unspecified atom stereocenters. The highest BCUT2D eigenvalue weighted by Gasteiger charge is 2.35. The zero-order valence-corrected chi connectivity index (χ0v) is 16.3. The Balaban J connectivity index is 1.55. The molecular formula is C22H27N3O3. The third-order valence-corrected chi connectivity index (χ3v) is 5.71. The number of hydrogen-bond donors (Lipinski definition) is 0. The van der Waals surface area contributed by atoms with Crippen LogP contribution in [0.25, 0.3) is 0 Å². The number of likely N-dealkylation sites (tertiary alicyclic amines) is 1. The fourth-order valence-corrected chi connectivity index (χ4v) is 4.15. The first-order chi connectivity index (χ1) is 13.6. The number of carbonyl (C=O) groups excluding carboxylic acids is 2. The number of hydrogen-bond acceptors (Lipinski definition) is 4. The number of furan rings is 1. The van der Waals surface area contributed by atoms with Gasteiger partial charge in [0.15, 0.2) is 0 Å². The highest BCUT2D eigenvalue weighted by molar-refractivity contribution is 5.90. The summed E-state index contributed by atoms with van der Waals surface area (Å²) in [5.41, 5.74) is 1.80. The number of aromatic nitrogens is 1. The average molecular weight is 381 g/mol. The van der Waals surface area contributed by atoms with E-state index in [0.717, 1.165) is 24.2 Å². The monoisotopic (exact) mass is 381 g/mol. The van der Waals surface area contributed by atoms with E-state index >= 15 is 0 Å². The molecule has 1 aliphatic carbocycles. The normalized spacial score (nSPS) is 21.5. The molecule has 2 aromatic heterocycles. The van der Waals surface area contributed by atoms with Gasteiger partial charge in [-0.3, -0.25) is 19.1 Å². The third-order valence-electron chi connectivity index (χ3n) is 5.71. The predicted molar refractivity (Wildman–Crippen MR) is 104 cm³/mol. The van der Waals surface area contributed by atoms with Gasteiger partial charge in [-0.1, -0.05) is 19.3 Å². The second kappa shape index (κ2) is 8.17. The standard InChI is InChI=1S/C22H27N3O3/c1-16-9-10-25(20(12-16)23-18-6-3-2-4-7-18)22(27)17-13-21(26)24(14-17)15-19-8-5-11-28-19/h5,8-12,17-18H,2-4,6-7,13-15H2,1H3. The number of amides is 1. The number of pyridine rings is 1. The summed E-state index contributed by atoms with van der Waals surface area (Å²) in [4.78, 5) is 32.2. The molecule has 0 aromatic carbocycles. The van der Waals surface area contributed by atoms with Crippen molar-refractivity contribution in [2.45, 2.75) is 58.0 Å². The van der Waals surface area contributed by atoms with E-state index in [0.29, 0.717) is 18.6 Å². The lowest BCUT2D eigenvalue weighted by Gasteiger charge is -2.19. The zero-order chi connectivity index (χ0) is 19.5. The van der Waals surface area contributed by atoms with Crippen LogP contribution in [0.5, 0.6) is 0 Å². The van der Waals surface area contributed by atoms with Crippen molar-refractivity contribution in [1.29, 1.82) is 0 Å². The van der Waals surface area contributed by atoms with E-state index in [1.165, 1.54) is 19.3 Å². The van der Waals surface area contributed by atoms with E-state index < -0.39 is 0 Å². The van der Waals surface area contributed by atoms with E-state index in [-0.39, 0.29) is 30.2 Å². The maximum absolute atomic E-state index is 13.2. The summed E-state index contributed by atoms with van der Waals surface area (Å²) in [6.45, 7) is 2.84. The summed E-state index contributed by atoms with van der Waals surface area (Å²) in [6, 6.07) is 7.84. The molecule has 6 heteroatoms. The van der Waals surface area contributed by atoms with Crippen LogP contribution < -0.4 is 5.49 Å². The van der Waals surface area contributed by atoms with Crippen LogP contribution in [0.1, 0.15) is 54.6 Å². The molecule has 0 bridgehead atoms. The van der Waals surface area contributed by atoms with Gasteiger partial charge in [0.2, 0.25) is 11.8 Å². The van der Waals surface area contributed by atoms with Crippen molar-refractivity contribution in [2.75, 3.05) is 6.54 Å². The van der Waals surface area contributed by atoms with Gasteiger partial charge in [0, 0.05) is 19.2 Å². The summed E-state index contributed by atoms with van der Waals surface area (Å²) >= 11 is 0. The van der Waals surface area contributed by atoms with Gasteiger partial charge in [0.25, 0.3) is 0 Å². The number of carbonyl (C=O) groups is 2. The lowest BCUT2D eigenvalue weighted by atomic mass is 9.96. The molecule has 2 aliphatic rings. The smallest absolute Gasteiger partial charge is 0.237 e. The Kier molecular flexibility index (Phi) is 5.46. The molecule has 1 saturated carbocycles. The van der Waals surface area contributed by atoms with Crippen molar-refractivity contribution in [3.05, 3.63) is 53.5 Å². The molecular weight excluding hydrogens is 354 g/mol. The van der Waals surface area contributed by atoms with Gasteiger partial charge in [-0.15, -0.1) is 0 Å². The molecule has 1 amide bonds. The Morgan fingerprint density at radius 1 is 1.25 bits per heavy atom. The third kappa shape index (κ3) is 4.11. The molecule has 6 nitrogen and oxygen atoms in total. The summed E-state index contributed by atoms with van der Waals surface area (Å²) in [5.74, 6) is 0.325. The molecule has 4 rings (SSSR count). The van der Waals surface area contributed by atoms with Crippen LogP contribution in [0.3, 0.4) is 0 Å². The largest absolute Gasteiger partial charge is 0.467 e.